The van der Waals surface area contributed by atoms with Gasteiger partial charge in [0.1, 0.15) is 6.04 Å². The first-order valence-electron chi connectivity index (χ1n) is 4.57. The zero-order valence-electron chi connectivity index (χ0n) is 7.59. The monoisotopic (exact) mass is 196 g/mol. The van der Waals surface area contributed by atoms with E-state index in [-0.39, 0.29) is 24.4 Å². The van der Waals surface area contributed by atoms with Gasteiger partial charge in [-0.3, -0.25) is 9.59 Å². The van der Waals surface area contributed by atoms with Crippen molar-refractivity contribution in [2.75, 3.05) is 6.54 Å². The van der Waals surface area contributed by atoms with Gasteiger partial charge in [0.15, 0.2) is 0 Å². The summed E-state index contributed by atoms with van der Waals surface area (Å²) in [6.45, 7) is 0.111. The molecule has 5 heteroatoms. The summed E-state index contributed by atoms with van der Waals surface area (Å²) in [4.78, 5) is 23.6. The van der Waals surface area contributed by atoms with Gasteiger partial charge in [0.05, 0.1) is 12.0 Å². The van der Waals surface area contributed by atoms with Crippen LogP contribution in [0.5, 0.6) is 0 Å². The van der Waals surface area contributed by atoms with Gasteiger partial charge in [0.2, 0.25) is 5.91 Å². The average Bonchev–Trinajstić information content (AvgIpc) is 2.69. The fourth-order valence-electron chi connectivity index (χ4n) is 1.99. The van der Waals surface area contributed by atoms with Crippen LogP contribution in [0.3, 0.4) is 0 Å². The van der Waals surface area contributed by atoms with E-state index in [4.69, 9.17) is 10.8 Å². The molecular weight excluding hydrogens is 184 g/mol. The van der Waals surface area contributed by atoms with Crippen LogP contribution in [0.25, 0.3) is 0 Å². The number of carbonyl (C=O) groups excluding carboxylic acids is 1. The predicted molar refractivity (Wildman–Crippen MR) is 48.4 cm³/mol. The number of likely N-dealkylation sites (tertiary alicyclic amines) is 1. The van der Waals surface area contributed by atoms with Crippen molar-refractivity contribution in [2.45, 2.75) is 18.5 Å². The summed E-state index contributed by atoms with van der Waals surface area (Å²) in [5, 5.41) is 8.62. The van der Waals surface area contributed by atoms with Gasteiger partial charge in [-0.2, -0.15) is 0 Å². The highest BCUT2D eigenvalue weighted by Gasteiger charge is 2.41. The lowest BCUT2D eigenvalue weighted by Crippen LogP contribution is -2.46. The summed E-state index contributed by atoms with van der Waals surface area (Å²) in [6, 6.07) is -0.912. The zero-order chi connectivity index (χ0) is 10.3. The molecule has 0 aromatic rings. The van der Waals surface area contributed by atoms with Crippen molar-refractivity contribution in [2.24, 2.45) is 11.7 Å². The van der Waals surface area contributed by atoms with Crippen LogP contribution in [0.1, 0.15) is 6.42 Å². The van der Waals surface area contributed by atoms with Gasteiger partial charge >= 0.3 is 5.97 Å². The van der Waals surface area contributed by atoms with Crippen LogP contribution < -0.4 is 5.73 Å². The average molecular weight is 196 g/mol. The number of rotatable bonds is 3. The number of amides is 1. The van der Waals surface area contributed by atoms with E-state index in [1.54, 1.807) is 4.90 Å². The molecule has 76 valence electrons. The van der Waals surface area contributed by atoms with Crippen molar-refractivity contribution >= 4 is 11.9 Å². The van der Waals surface area contributed by atoms with Gasteiger partial charge in [-0.25, -0.2) is 0 Å². The third-order valence-corrected chi connectivity index (χ3v) is 2.77. The number of carboxylic acids is 1. The standard InChI is InChI=1S/C9H12N2O3/c10-7(9(13)14)4-11-6-2-1-5(3-6)8(11)12/h1-2,5-7H,3-4,10H2,(H,13,14). The molecule has 3 unspecified atom stereocenters. The van der Waals surface area contributed by atoms with Crippen LogP contribution in [-0.2, 0) is 9.59 Å². The summed E-state index contributed by atoms with van der Waals surface area (Å²) in [5.41, 5.74) is 5.37. The summed E-state index contributed by atoms with van der Waals surface area (Å²) in [5.74, 6) is -1.10. The Morgan fingerprint density at radius 2 is 2.43 bits per heavy atom. The second kappa shape index (κ2) is 3.09. The molecule has 0 spiro atoms. The van der Waals surface area contributed by atoms with Crippen molar-refractivity contribution < 1.29 is 14.7 Å². The van der Waals surface area contributed by atoms with E-state index in [0.29, 0.717) is 0 Å². The Kier molecular flexibility index (Phi) is 2.03. The fraction of sp³-hybridized carbons (Fsp3) is 0.556. The highest BCUT2D eigenvalue weighted by atomic mass is 16.4. The predicted octanol–water partition coefficient (Wildman–Crippen LogP) is -0.815. The lowest BCUT2D eigenvalue weighted by atomic mass is 10.1. The fourth-order valence-corrected chi connectivity index (χ4v) is 1.99. The molecular formula is C9H12N2O3. The van der Waals surface area contributed by atoms with Crippen LogP contribution in [0.2, 0.25) is 0 Å². The number of nitrogens with two attached hydrogens (primary N) is 1. The maximum absolute atomic E-state index is 11.6. The Labute approximate surface area is 81.2 Å². The quantitative estimate of drug-likeness (QED) is 0.578. The second-order valence-corrected chi connectivity index (χ2v) is 3.73. The molecule has 3 N–H and O–H groups in total. The van der Waals surface area contributed by atoms with E-state index < -0.39 is 12.0 Å². The molecule has 1 heterocycles. The van der Waals surface area contributed by atoms with Gasteiger partial charge < -0.3 is 15.7 Å². The van der Waals surface area contributed by atoms with Crippen LogP contribution in [0.15, 0.2) is 12.2 Å². The van der Waals surface area contributed by atoms with E-state index in [9.17, 15) is 9.59 Å². The largest absolute Gasteiger partial charge is 0.480 e. The molecule has 2 rings (SSSR count). The number of fused-ring (bicyclic) bond motifs is 2. The molecule has 3 atom stereocenters. The molecule has 14 heavy (non-hydrogen) atoms. The summed E-state index contributed by atoms with van der Waals surface area (Å²) < 4.78 is 0. The minimum Gasteiger partial charge on any atom is -0.480 e. The maximum Gasteiger partial charge on any atom is 0.322 e. The van der Waals surface area contributed by atoms with E-state index in [1.807, 2.05) is 12.2 Å². The number of carbonyl (C=O) groups is 2. The summed E-state index contributed by atoms with van der Waals surface area (Å²) in [6.07, 6.45) is 4.61. The molecule has 1 fully saturated rings. The number of carboxylic acid groups (broad SMARTS) is 1. The molecule has 2 aliphatic rings. The second-order valence-electron chi connectivity index (χ2n) is 3.73. The molecule has 0 saturated carbocycles. The van der Waals surface area contributed by atoms with Crippen LogP contribution in [0, 0.1) is 5.92 Å². The first-order valence-corrected chi connectivity index (χ1v) is 4.57. The molecule has 1 aliphatic heterocycles. The molecule has 5 nitrogen and oxygen atoms in total. The number of hydrogen-bond acceptors (Lipinski definition) is 3. The SMILES string of the molecule is NC(CN1C(=O)C2C=CC1C2)C(=O)O. The van der Waals surface area contributed by atoms with Crippen molar-refractivity contribution in [3.63, 3.8) is 0 Å². The molecule has 0 radical (unpaired) electrons. The lowest BCUT2D eigenvalue weighted by Gasteiger charge is -2.25. The third kappa shape index (κ3) is 1.29. The smallest absolute Gasteiger partial charge is 0.322 e. The Morgan fingerprint density at radius 1 is 1.71 bits per heavy atom. The van der Waals surface area contributed by atoms with Gasteiger partial charge in [0, 0.05) is 6.54 Å². The van der Waals surface area contributed by atoms with E-state index in [1.165, 1.54) is 0 Å². The minimum atomic E-state index is -1.07. The van der Waals surface area contributed by atoms with Crippen LogP contribution >= 0.6 is 0 Å². The van der Waals surface area contributed by atoms with Gasteiger partial charge in [-0.1, -0.05) is 12.2 Å². The Hall–Kier alpha value is -1.36. The minimum absolute atomic E-state index is 0.00852. The third-order valence-electron chi connectivity index (χ3n) is 2.77. The molecule has 1 saturated heterocycles. The number of nitrogens with zero attached hydrogens (tertiary/aromatic N) is 1. The zero-order valence-corrected chi connectivity index (χ0v) is 7.59. The maximum atomic E-state index is 11.6. The topological polar surface area (TPSA) is 83.6 Å². The van der Waals surface area contributed by atoms with E-state index >= 15 is 0 Å². The summed E-state index contributed by atoms with van der Waals surface area (Å²) >= 11 is 0. The lowest BCUT2D eigenvalue weighted by molar-refractivity contribution is -0.140. The van der Waals surface area contributed by atoms with Gasteiger partial charge in [0.25, 0.3) is 0 Å². The first kappa shape index (κ1) is 9.21. The van der Waals surface area contributed by atoms with Gasteiger partial charge in [-0.05, 0) is 6.42 Å². The van der Waals surface area contributed by atoms with Crippen molar-refractivity contribution in [1.82, 2.24) is 4.90 Å². The highest BCUT2D eigenvalue weighted by molar-refractivity contribution is 5.86. The summed E-state index contributed by atoms with van der Waals surface area (Å²) in [7, 11) is 0. The van der Waals surface area contributed by atoms with E-state index in [2.05, 4.69) is 0 Å². The Morgan fingerprint density at radius 3 is 2.93 bits per heavy atom. The number of aliphatic carboxylic acids is 1. The van der Waals surface area contributed by atoms with Crippen LogP contribution in [0.4, 0.5) is 0 Å². The van der Waals surface area contributed by atoms with Crippen molar-refractivity contribution in [3.05, 3.63) is 12.2 Å². The molecule has 2 bridgehead atoms. The number of hydrogen-bond donors (Lipinski definition) is 2. The highest BCUT2D eigenvalue weighted by Crippen LogP contribution is 2.32. The Bertz CT molecular complexity index is 313. The first-order chi connectivity index (χ1) is 6.59. The molecule has 0 aromatic heterocycles. The van der Waals surface area contributed by atoms with Crippen molar-refractivity contribution in [3.8, 4) is 0 Å². The molecule has 1 aliphatic carbocycles. The molecule has 1 amide bonds. The van der Waals surface area contributed by atoms with E-state index in [0.717, 1.165) is 6.42 Å². The van der Waals surface area contributed by atoms with Gasteiger partial charge in [-0.15, -0.1) is 0 Å². The normalized spacial score (nSPS) is 31.2. The van der Waals surface area contributed by atoms with Crippen molar-refractivity contribution in [1.29, 1.82) is 0 Å². The molecule has 0 aromatic carbocycles. The van der Waals surface area contributed by atoms with Crippen LogP contribution in [-0.4, -0.2) is 40.5 Å². The Balaban J connectivity index is 2.03.